The predicted molar refractivity (Wildman–Crippen MR) is 132 cm³/mol. The van der Waals surface area contributed by atoms with Gasteiger partial charge in [0.2, 0.25) is 0 Å². The summed E-state index contributed by atoms with van der Waals surface area (Å²) < 4.78 is 44.8. The van der Waals surface area contributed by atoms with Crippen LogP contribution in [0.1, 0.15) is 38.4 Å². The number of halogens is 3. The lowest BCUT2D eigenvalue weighted by Gasteiger charge is -2.13. The number of fused-ring (bicyclic) bond motifs is 1. The molecule has 37 heavy (non-hydrogen) atoms. The van der Waals surface area contributed by atoms with Gasteiger partial charge < -0.3 is 4.74 Å². The van der Waals surface area contributed by atoms with E-state index in [2.05, 4.69) is 19.9 Å². The van der Waals surface area contributed by atoms with E-state index in [0.29, 0.717) is 29.8 Å². The minimum atomic E-state index is -4.52. The highest BCUT2D eigenvalue weighted by atomic mass is 19.4. The van der Waals surface area contributed by atoms with E-state index in [1.807, 2.05) is 24.3 Å². The summed E-state index contributed by atoms with van der Waals surface area (Å²) in [7, 11) is 1.49. The third-order valence-corrected chi connectivity index (χ3v) is 6.13. The second kappa shape index (κ2) is 9.93. The highest BCUT2D eigenvalue weighted by Crippen LogP contribution is 2.35. The van der Waals surface area contributed by atoms with Gasteiger partial charge in [-0.25, -0.2) is 9.97 Å². The van der Waals surface area contributed by atoms with Crippen molar-refractivity contribution in [3.8, 4) is 17.0 Å². The summed E-state index contributed by atoms with van der Waals surface area (Å²) in [6, 6.07) is 13.7. The fourth-order valence-electron chi connectivity index (χ4n) is 4.33. The Balaban J connectivity index is 1.44. The molecular formula is C28H21F3N4O2. The summed E-state index contributed by atoms with van der Waals surface area (Å²) in [5, 5.41) is 0. The van der Waals surface area contributed by atoms with E-state index >= 15 is 0 Å². The van der Waals surface area contributed by atoms with Crippen LogP contribution in [0, 0.1) is 0 Å². The fraction of sp³-hybridized carbons (Fsp3) is 0.179. The van der Waals surface area contributed by atoms with Crippen molar-refractivity contribution in [2.24, 2.45) is 4.99 Å². The van der Waals surface area contributed by atoms with Crippen molar-refractivity contribution in [3.05, 3.63) is 101 Å². The summed E-state index contributed by atoms with van der Waals surface area (Å²) in [5.74, 6) is 0.0442. The first kappa shape index (κ1) is 24.3. The largest absolute Gasteiger partial charge is 0.496 e. The van der Waals surface area contributed by atoms with E-state index in [0.717, 1.165) is 40.3 Å². The lowest BCUT2D eigenvalue weighted by atomic mass is 9.96. The smallest absolute Gasteiger partial charge is 0.416 e. The van der Waals surface area contributed by atoms with E-state index in [1.165, 1.54) is 25.6 Å². The van der Waals surface area contributed by atoms with Crippen LogP contribution in [0.2, 0.25) is 0 Å². The Morgan fingerprint density at radius 1 is 1.03 bits per heavy atom. The Kier molecular flexibility index (Phi) is 6.52. The molecule has 0 saturated heterocycles. The molecule has 2 aromatic heterocycles. The normalized spacial score (nSPS) is 12.4. The SMILES string of the molecule is COc1ccc(Cc2ncccc2-c2ncnc3c2N=CC3)cc1CC(=O)c1cccc(C(F)(F)F)c1. The maximum Gasteiger partial charge on any atom is 0.416 e. The molecule has 0 atom stereocenters. The van der Waals surface area contributed by atoms with Crippen molar-refractivity contribution in [3.63, 3.8) is 0 Å². The lowest BCUT2D eigenvalue weighted by Crippen LogP contribution is -2.09. The Morgan fingerprint density at radius 2 is 1.89 bits per heavy atom. The zero-order valence-corrected chi connectivity index (χ0v) is 19.8. The monoisotopic (exact) mass is 502 g/mol. The maximum absolute atomic E-state index is 13.1. The van der Waals surface area contributed by atoms with Crippen LogP contribution in [0.3, 0.4) is 0 Å². The Hall–Kier alpha value is -4.40. The molecule has 6 nitrogen and oxygen atoms in total. The molecule has 186 valence electrons. The molecule has 0 unspecified atom stereocenters. The van der Waals surface area contributed by atoms with Gasteiger partial charge in [0, 0.05) is 48.4 Å². The van der Waals surface area contributed by atoms with Gasteiger partial charge in [0.1, 0.15) is 23.5 Å². The van der Waals surface area contributed by atoms with Gasteiger partial charge in [-0.1, -0.05) is 24.3 Å². The quantitative estimate of drug-likeness (QED) is 0.297. The Bertz CT molecular complexity index is 1520. The molecule has 0 aliphatic carbocycles. The molecule has 4 aromatic rings. The molecule has 1 aliphatic rings. The minimum absolute atomic E-state index is 0.00698. The Labute approximate surface area is 210 Å². The number of aliphatic imine (C=N–C) groups is 1. The molecule has 0 N–H and O–H groups in total. The van der Waals surface area contributed by atoms with Gasteiger partial charge in [-0.15, -0.1) is 0 Å². The first-order chi connectivity index (χ1) is 17.8. The molecule has 1 aliphatic heterocycles. The second-order valence-corrected chi connectivity index (χ2v) is 8.53. The van der Waals surface area contributed by atoms with E-state index < -0.39 is 17.5 Å². The highest BCUT2D eigenvalue weighted by Gasteiger charge is 2.31. The number of carbonyl (C=O) groups excluding carboxylic acids is 1. The van der Waals surface area contributed by atoms with Gasteiger partial charge in [-0.05, 0) is 35.9 Å². The summed E-state index contributed by atoms with van der Waals surface area (Å²) in [6.07, 6.45) is 1.48. The molecule has 5 rings (SSSR count). The van der Waals surface area contributed by atoms with Crippen molar-refractivity contribution in [1.82, 2.24) is 15.0 Å². The number of rotatable bonds is 7. The molecule has 0 saturated carbocycles. The van der Waals surface area contributed by atoms with Crippen LogP contribution in [0.5, 0.6) is 5.75 Å². The number of ether oxygens (including phenoxy) is 1. The van der Waals surface area contributed by atoms with Gasteiger partial charge in [-0.2, -0.15) is 13.2 Å². The lowest BCUT2D eigenvalue weighted by molar-refractivity contribution is -0.137. The number of hydrogen-bond donors (Lipinski definition) is 0. The van der Waals surface area contributed by atoms with Crippen molar-refractivity contribution >= 4 is 17.7 Å². The number of ketones is 1. The molecule has 0 radical (unpaired) electrons. The minimum Gasteiger partial charge on any atom is -0.496 e. The highest BCUT2D eigenvalue weighted by molar-refractivity contribution is 5.98. The van der Waals surface area contributed by atoms with Crippen molar-refractivity contribution in [1.29, 1.82) is 0 Å². The maximum atomic E-state index is 13.1. The van der Waals surface area contributed by atoms with Crippen LogP contribution in [0.25, 0.3) is 11.3 Å². The van der Waals surface area contributed by atoms with Gasteiger partial charge in [0.25, 0.3) is 0 Å². The standard InChI is InChI=1S/C28H21F3N4O2/c1-37-25-8-7-17(12-19(25)15-24(36)18-4-2-5-20(14-18)28(29,30)31)13-23-21(6-3-10-32-23)26-27-22(9-11-33-27)34-16-35-26/h2-8,10-12,14,16H,9,13,15H2,1H3. The van der Waals surface area contributed by atoms with Crippen LogP contribution >= 0.6 is 0 Å². The topological polar surface area (TPSA) is 77.3 Å². The number of methoxy groups -OCH3 is 1. The van der Waals surface area contributed by atoms with Gasteiger partial charge in [0.15, 0.2) is 5.78 Å². The van der Waals surface area contributed by atoms with Crippen LogP contribution in [-0.2, 0) is 25.4 Å². The molecule has 3 heterocycles. The van der Waals surface area contributed by atoms with Crippen LogP contribution < -0.4 is 4.74 Å². The van der Waals surface area contributed by atoms with Gasteiger partial charge >= 0.3 is 6.18 Å². The number of aromatic nitrogens is 3. The average molecular weight is 502 g/mol. The van der Waals surface area contributed by atoms with E-state index in [9.17, 15) is 18.0 Å². The molecule has 0 amide bonds. The van der Waals surface area contributed by atoms with Crippen molar-refractivity contribution in [2.75, 3.05) is 7.11 Å². The first-order valence-electron chi connectivity index (χ1n) is 11.5. The number of benzene rings is 2. The molecular weight excluding hydrogens is 481 g/mol. The van der Waals surface area contributed by atoms with Crippen molar-refractivity contribution < 1.29 is 22.7 Å². The number of carbonyl (C=O) groups is 1. The first-order valence-corrected chi connectivity index (χ1v) is 11.5. The molecule has 9 heteroatoms. The number of Topliss-reactive ketones (excluding diaryl/α,β-unsaturated/α-hetero) is 1. The number of alkyl halides is 3. The third kappa shape index (κ3) is 5.11. The molecule has 0 bridgehead atoms. The van der Waals surface area contributed by atoms with E-state index in [-0.39, 0.29) is 12.0 Å². The molecule has 0 fully saturated rings. The van der Waals surface area contributed by atoms with Gasteiger partial charge in [-0.3, -0.25) is 14.8 Å². The summed E-state index contributed by atoms with van der Waals surface area (Å²) in [4.78, 5) is 30.7. The van der Waals surface area contributed by atoms with Gasteiger partial charge in [0.05, 0.1) is 24.1 Å². The van der Waals surface area contributed by atoms with Crippen molar-refractivity contribution in [2.45, 2.75) is 25.4 Å². The third-order valence-electron chi connectivity index (χ3n) is 6.13. The zero-order valence-electron chi connectivity index (χ0n) is 19.8. The number of nitrogens with zero attached hydrogens (tertiary/aromatic N) is 4. The van der Waals surface area contributed by atoms with Crippen LogP contribution in [0.15, 0.2) is 72.1 Å². The van der Waals surface area contributed by atoms with Crippen LogP contribution in [-0.4, -0.2) is 34.1 Å². The van der Waals surface area contributed by atoms with E-state index in [4.69, 9.17) is 4.74 Å². The second-order valence-electron chi connectivity index (χ2n) is 8.53. The zero-order chi connectivity index (χ0) is 26.0. The number of hydrogen-bond acceptors (Lipinski definition) is 6. The molecule has 0 spiro atoms. The number of pyridine rings is 1. The summed E-state index contributed by atoms with van der Waals surface area (Å²) in [6.45, 7) is 0. The van der Waals surface area contributed by atoms with E-state index in [1.54, 1.807) is 18.5 Å². The average Bonchev–Trinajstić information content (AvgIpc) is 3.38. The summed E-state index contributed by atoms with van der Waals surface area (Å²) >= 11 is 0. The van der Waals surface area contributed by atoms with Crippen LogP contribution in [0.4, 0.5) is 18.9 Å². The summed E-state index contributed by atoms with van der Waals surface area (Å²) in [5.41, 5.74) is 4.47. The Morgan fingerprint density at radius 3 is 2.70 bits per heavy atom. The molecule has 2 aromatic carbocycles. The predicted octanol–water partition coefficient (Wildman–Crippen LogP) is 5.84. The fourth-order valence-corrected chi connectivity index (χ4v) is 4.33.